The molecule has 0 aromatic heterocycles. The van der Waals surface area contributed by atoms with Crippen LogP contribution in [0.5, 0.6) is 0 Å². The fourth-order valence-electron chi connectivity index (χ4n) is 3.08. The van der Waals surface area contributed by atoms with Crippen LogP contribution in [0.3, 0.4) is 0 Å². The summed E-state index contributed by atoms with van der Waals surface area (Å²) in [6.07, 6.45) is 0.424. The zero-order valence-corrected chi connectivity index (χ0v) is 13.3. The summed E-state index contributed by atoms with van der Waals surface area (Å²) in [5.41, 5.74) is 0.879. The third-order valence-electron chi connectivity index (χ3n) is 4.57. The van der Waals surface area contributed by atoms with Crippen molar-refractivity contribution in [1.29, 1.82) is 5.26 Å². The van der Waals surface area contributed by atoms with Crippen molar-refractivity contribution >= 4 is 17.8 Å². The van der Waals surface area contributed by atoms with Crippen LogP contribution in [0.15, 0.2) is 42.5 Å². The fourth-order valence-corrected chi connectivity index (χ4v) is 3.08. The molecule has 1 heterocycles. The van der Waals surface area contributed by atoms with Crippen LogP contribution in [-0.4, -0.2) is 22.8 Å². The van der Waals surface area contributed by atoms with Gasteiger partial charge in [-0.2, -0.15) is 5.26 Å². The number of rotatable bonds is 3. The molecule has 2 atom stereocenters. The van der Waals surface area contributed by atoms with Crippen molar-refractivity contribution in [3.63, 3.8) is 0 Å². The average Bonchev–Trinajstić information content (AvgIpc) is 3.42. The Kier molecular flexibility index (Phi) is 3.55. The number of hydrogen-bond acceptors (Lipinski definition) is 5. The van der Waals surface area contributed by atoms with E-state index >= 15 is 0 Å². The van der Waals surface area contributed by atoms with Gasteiger partial charge in [0.1, 0.15) is 11.9 Å². The molecule has 7 heteroatoms. The van der Waals surface area contributed by atoms with Gasteiger partial charge in [0.15, 0.2) is 0 Å². The van der Waals surface area contributed by atoms with Gasteiger partial charge in [-0.1, -0.05) is 23.3 Å². The van der Waals surface area contributed by atoms with Gasteiger partial charge in [0.2, 0.25) is 0 Å². The van der Waals surface area contributed by atoms with E-state index in [9.17, 15) is 18.8 Å². The van der Waals surface area contributed by atoms with Gasteiger partial charge in [-0.3, -0.25) is 9.59 Å². The second-order valence-corrected chi connectivity index (χ2v) is 6.16. The number of amides is 2. The maximum atomic E-state index is 13.7. The molecule has 0 N–H and O–H groups in total. The van der Waals surface area contributed by atoms with E-state index in [-0.39, 0.29) is 22.6 Å². The second kappa shape index (κ2) is 5.77. The summed E-state index contributed by atoms with van der Waals surface area (Å²) in [7, 11) is 0. The highest BCUT2D eigenvalue weighted by Gasteiger charge is 2.48. The van der Waals surface area contributed by atoms with Gasteiger partial charge in [0.05, 0.1) is 22.6 Å². The van der Waals surface area contributed by atoms with Crippen molar-refractivity contribution in [2.75, 3.05) is 0 Å². The SMILES string of the molecule is N#Cc1ccc([C@@H]2C[C@H]2C(=O)ON2C(=O)c3ccccc3C2=O)cc1F. The lowest BCUT2D eigenvalue weighted by molar-refractivity contribution is -0.170. The van der Waals surface area contributed by atoms with Crippen LogP contribution in [0.2, 0.25) is 0 Å². The van der Waals surface area contributed by atoms with Crippen molar-refractivity contribution in [2.45, 2.75) is 12.3 Å². The molecule has 1 fully saturated rings. The third-order valence-corrected chi connectivity index (χ3v) is 4.57. The number of nitriles is 1. The lowest BCUT2D eigenvalue weighted by Crippen LogP contribution is -2.33. The van der Waals surface area contributed by atoms with Gasteiger partial charge in [-0.15, -0.1) is 0 Å². The fraction of sp³-hybridized carbons (Fsp3) is 0.158. The van der Waals surface area contributed by atoms with E-state index in [0.717, 1.165) is 0 Å². The van der Waals surface area contributed by atoms with Crippen LogP contribution in [0.1, 0.15) is 44.2 Å². The smallest absolute Gasteiger partial charge is 0.329 e. The Morgan fingerprint density at radius 1 is 1.15 bits per heavy atom. The summed E-state index contributed by atoms with van der Waals surface area (Å²) in [5.74, 6) is -3.55. The molecule has 2 aromatic rings. The number of carbonyl (C=O) groups excluding carboxylic acids is 3. The molecule has 4 rings (SSSR count). The zero-order chi connectivity index (χ0) is 18.4. The van der Waals surface area contributed by atoms with Gasteiger partial charge in [0.25, 0.3) is 11.8 Å². The topological polar surface area (TPSA) is 87.5 Å². The molecule has 0 spiro atoms. The average molecular weight is 350 g/mol. The lowest BCUT2D eigenvalue weighted by Gasteiger charge is -2.12. The maximum absolute atomic E-state index is 13.7. The zero-order valence-electron chi connectivity index (χ0n) is 13.3. The molecule has 0 radical (unpaired) electrons. The van der Waals surface area contributed by atoms with Crippen molar-refractivity contribution in [3.8, 4) is 6.07 Å². The minimum absolute atomic E-state index is 0.0699. The molecule has 1 aliphatic carbocycles. The van der Waals surface area contributed by atoms with E-state index in [4.69, 9.17) is 10.1 Å². The number of nitrogens with zero attached hydrogens (tertiary/aromatic N) is 2. The van der Waals surface area contributed by atoms with E-state index in [1.807, 2.05) is 0 Å². The van der Waals surface area contributed by atoms with E-state index in [0.29, 0.717) is 17.0 Å². The first-order chi connectivity index (χ1) is 12.5. The van der Waals surface area contributed by atoms with Crippen LogP contribution in [0.4, 0.5) is 4.39 Å². The van der Waals surface area contributed by atoms with Crippen LogP contribution in [0, 0.1) is 23.1 Å². The van der Waals surface area contributed by atoms with E-state index < -0.39 is 29.5 Å². The normalized spacial score (nSPS) is 20.5. The molecule has 1 saturated carbocycles. The highest BCUT2D eigenvalue weighted by atomic mass is 19.1. The number of carbonyl (C=O) groups is 3. The summed E-state index contributed by atoms with van der Waals surface area (Å²) in [4.78, 5) is 41.7. The van der Waals surface area contributed by atoms with Gasteiger partial charge < -0.3 is 4.84 Å². The van der Waals surface area contributed by atoms with E-state index in [1.54, 1.807) is 24.3 Å². The molecule has 2 aliphatic rings. The molecule has 0 bridgehead atoms. The molecule has 0 unspecified atom stereocenters. The van der Waals surface area contributed by atoms with Gasteiger partial charge in [-0.25, -0.2) is 9.18 Å². The molecule has 2 aromatic carbocycles. The van der Waals surface area contributed by atoms with Crippen LogP contribution in [-0.2, 0) is 9.63 Å². The summed E-state index contributed by atoms with van der Waals surface area (Å²) in [5, 5.41) is 9.23. The highest BCUT2D eigenvalue weighted by Crippen LogP contribution is 2.48. The van der Waals surface area contributed by atoms with Crippen LogP contribution < -0.4 is 0 Å². The molecule has 2 amide bonds. The summed E-state index contributed by atoms with van der Waals surface area (Å²) < 4.78 is 13.7. The number of fused-ring (bicyclic) bond motifs is 1. The summed E-state index contributed by atoms with van der Waals surface area (Å²) in [6, 6.07) is 12.1. The second-order valence-electron chi connectivity index (χ2n) is 6.16. The van der Waals surface area contributed by atoms with Crippen molar-refractivity contribution in [1.82, 2.24) is 5.06 Å². The predicted molar refractivity (Wildman–Crippen MR) is 85.0 cm³/mol. The van der Waals surface area contributed by atoms with Gasteiger partial charge in [0, 0.05) is 0 Å². The maximum Gasteiger partial charge on any atom is 0.336 e. The minimum atomic E-state index is -0.714. The first-order valence-electron chi connectivity index (χ1n) is 7.90. The Morgan fingerprint density at radius 2 is 1.81 bits per heavy atom. The summed E-state index contributed by atoms with van der Waals surface area (Å²) >= 11 is 0. The number of hydrogen-bond donors (Lipinski definition) is 0. The number of imide groups is 1. The van der Waals surface area contributed by atoms with Gasteiger partial charge in [-0.05, 0) is 42.2 Å². The monoisotopic (exact) mass is 350 g/mol. The molecule has 1 aliphatic heterocycles. The van der Waals surface area contributed by atoms with Crippen molar-refractivity contribution in [2.24, 2.45) is 5.92 Å². The Hall–Kier alpha value is -3.53. The third kappa shape index (κ3) is 2.43. The Labute approximate surface area is 147 Å². The quantitative estimate of drug-likeness (QED) is 0.794. The standard InChI is InChI=1S/C19H11FN2O4/c20-16-7-10(5-6-11(16)9-21)14-8-15(14)19(25)26-22-17(23)12-3-1-2-4-13(12)18(22)24/h1-7,14-15H,8H2/t14-,15+/m0/s1. The predicted octanol–water partition coefficient (Wildman–Crippen LogP) is 2.56. The van der Waals surface area contributed by atoms with Crippen LogP contribution >= 0.6 is 0 Å². The molecule has 0 saturated heterocycles. The van der Waals surface area contributed by atoms with Gasteiger partial charge >= 0.3 is 5.97 Å². The molecular weight excluding hydrogens is 339 g/mol. The Morgan fingerprint density at radius 3 is 2.38 bits per heavy atom. The summed E-state index contributed by atoms with van der Waals surface area (Å²) in [6.45, 7) is 0. The molecule has 26 heavy (non-hydrogen) atoms. The molecule has 6 nitrogen and oxygen atoms in total. The first kappa shape index (κ1) is 16.0. The van der Waals surface area contributed by atoms with E-state index in [1.165, 1.54) is 24.3 Å². The Bertz CT molecular complexity index is 976. The lowest BCUT2D eigenvalue weighted by atomic mass is 10.1. The molecule has 128 valence electrons. The Balaban J connectivity index is 1.46. The van der Waals surface area contributed by atoms with Crippen molar-refractivity contribution in [3.05, 3.63) is 70.5 Å². The van der Waals surface area contributed by atoms with E-state index in [2.05, 4.69) is 0 Å². The number of halogens is 1. The number of hydroxylamine groups is 2. The molecular formula is C19H11FN2O4. The minimum Gasteiger partial charge on any atom is -0.329 e. The largest absolute Gasteiger partial charge is 0.336 e. The van der Waals surface area contributed by atoms with Crippen molar-refractivity contribution < 1.29 is 23.6 Å². The van der Waals surface area contributed by atoms with Crippen LogP contribution in [0.25, 0.3) is 0 Å². The number of benzene rings is 2. The highest BCUT2D eigenvalue weighted by molar-refractivity contribution is 6.20. The first-order valence-corrected chi connectivity index (χ1v) is 7.90.